The normalized spacial score (nSPS) is 22.5. The monoisotopic (exact) mass is 421 g/mol. The lowest BCUT2D eigenvalue weighted by atomic mass is 10.1. The number of fused-ring (bicyclic) bond motifs is 1. The van der Waals surface area contributed by atoms with Crippen LogP contribution in [0.5, 0.6) is 5.75 Å². The van der Waals surface area contributed by atoms with E-state index < -0.39 is 29.0 Å². The minimum absolute atomic E-state index is 0.00475. The number of carboxylic acid groups (broad SMARTS) is 1. The van der Waals surface area contributed by atoms with Crippen LogP contribution in [-0.2, 0) is 0 Å². The highest BCUT2D eigenvalue weighted by atomic mass is 19.1. The zero-order valence-corrected chi connectivity index (χ0v) is 17.2. The van der Waals surface area contributed by atoms with Gasteiger partial charge in [0.1, 0.15) is 11.5 Å². The molecule has 0 radical (unpaired) electrons. The molecule has 1 aromatic carbocycles. The highest BCUT2D eigenvalue weighted by molar-refractivity contribution is 5.86. The van der Waals surface area contributed by atoms with Crippen LogP contribution < -0.4 is 15.1 Å². The molecule has 0 amide bonds. The number of halogens is 2. The van der Waals surface area contributed by atoms with Gasteiger partial charge in [0.25, 0.3) is 0 Å². The summed E-state index contributed by atoms with van der Waals surface area (Å²) >= 11 is 0. The topological polar surface area (TPSA) is 75.0 Å². The minimum atomic E-state index is -1.65. The molecule has 1 saturated carbocycles. The van der Waals surface area contributed by atoms with Gasteiger partial charge in [-0.25, -0.2) is 13.6 Å². The van der Waals surface area contributed by atoms with Gasteiger partial charge in [0, 0.05) is 31.2 Å². The first-order valence-corrected chi connectivity index (χ1v) is 10.2. The number of pyridine rings is 1. The van der Waals surface area contributed by atoms with E-state index in [1.807, 2.05) is 13.8 Å². The Kier molecular flexibility index (Phi) is 5.17. The van der Waals surface area contributed by atoms with Gasteiger partial charge in [0.2, 0.25) is 5.43 Å². The van der Waals surface area contributed by atoms with Gasteiger partial charge in [-0.3, -0.25) is 9.69 Å². The number of anilines is 1. The maximum atomic E-state index is 15.8. The van der Waals surface area contributed by atoms with Crippen molar-refractivity contribution in [3.63, 3.8) is 0 Å². The molecule has 0 bridgehead atoms. The number of hydrogen-bond donors (Lipinski definition) is 1. The second kappa shape index (κ2) is 7.54. The summed E-state index contributed by atoms with van der Waals surface area (Å²) in [4.78, 5) is 27.6. The molecule has 7 nitrogen and oxygen atoms in total. The summed E-state index contributed by atoms with van der Waals surface area (Å²) < 4.78 is 37.0. The first-order valence-electron chi connectivity index (χ1n) is 10.2. The maximum Gasteiger partial charge on any atom is 0.511 e. The lowest BCUT2D eigenvalue weighted by Gasteiger charge is -2.45. The molecule has 2 heterocycles. The quantitative estimate of drug-likeness (QED) is 0.761. The first-order chi connectivity index (χ1) is 14.2. The molecule has 1 aliphatic heterocycles. The fourth-order valence-electron chi connectivity index (χ4n) is 4.67. The summed E-state index contributed by atoms with van der Waals surface area (Å²) in [6, 6.07) is 1.16. The largest absolute Gasteiger partial charge is 0.511 e. The molecular weight excluding hydrogens is 396 g/mol. The highest BCUT2D eigenvalue weighted by Crippen LogP contribution is 2.40. The average molecular weight is 421 g/mol. The van der Waals surface area contributed by atoms with E-state index in [9.17, 15) is 9.59 Å². The molecule has 1 saturated heterocycles. The molecular formula is C21H25F2N3O4. The Balaban J connectivity index is 1.88. The van der Waals surface area contributed by atoms with Crippen LogP contribution in [0.1, 0.15) is 39.7 Å². The molecule has 162 valence electrons. The number of benzene rings is 1. The smallest absolute Gasteiger partial charge is 0.449 e. The molecule has 2 atom stereocenters. The molecule has 1 aliphatic carbocycles. The molecule has 2 aliphatic rings. The Labute approximate surface area is 172 Å². The average Bonchev–Trinajstić information content (AvgIpc) is 3.49. The van der Waals surface area contributed by atoms with Gasteiger partial charge in [0.15, 0.2) is 11.6 Å². The van der Waals surface area contributed by atoms with Crippen LogP contribution in [0.2, 0.25) is 0 Å². The number of carbonyl (C=O) groups is 1. The third kappa shape index (κ3) is 3.40. The number of hydrogen-bond acceptors (Lipinski definition) is 5. The maximum absolute atomic E-state index is 15.8. The summed E-state index contributed by atoms with van der Waals surface area (Å²) in [5, 5.41) is 8.68. The third-order valence-electron chi connectivity index (χ3n) is 6.07. The molecule has 0 spiro atoms. The fourth-order valence-corrected chi connectivity index (χ4v) is 4.67. The lowest BCUT2D eigenvalue weighted by Crippen LogP contribution is -2.57. The van der Waals surface area contributed by atoms with Crippen molar-refractivity contribution in [3.8, 4) is 5.75 Å². The number of nitrogens with zero attached hydrogens (tertiary/aromatic N) is 3. The van der Waals surface area contributed by atoms with Crippen LogP contribution in [-0.4, -0.2) is 52.4 Å². The van der Waals surface area contributed by atoms with E-state index in [1.165, 1.54) is 10.8 Å². The second-order valence-corrected chi connectivity index (χ2v) is 8.18. The Morgan fingerprint density at radius 3 is 2.40 bits per heavy atom. The van der Waals surface area contributed by atoms with Gasteiger partial charge in [-0.1, -0.05) is 6.92 Å². The van der Waals surface area contributed by atoms with E-state index >= 15 is 8.78 Å². The van der Waals surface area contributed by atoms with Gasteiger partial charge in [-0.05, 0) is 39.3 Å². The van der Waals surface area contributed by atoms with E-state index in [0.717, 1.165) is 25.5 Å². The predicted molar refractivity (Wildman–Crippen MR) is 109 cm³/mol. The molecule has 2 fully saturated rings. The summed E-state index contributed by atoms with van der Waals surface area (Å²) in [5.74, 6) is -2.08. The van der Waals surface area contributed by atoms with E-state index in [1.54, 1.807) is 4.90 Å². The number of aromatic nitrogens is 1. The Morgan fingerprint density at radius 2 is 1.87 bits per heavy atom. The molecule has 30 heavy (non-hydrogen) atoms. The van der Waals surface area contributed by atoms with Crippen molar-refractivity contribution in [2.45, 2.75) is 51.7 Å². The van der Waals surface area contributed by atoms with Crippen molar-refractivity contribution in [1.82, 2.24) is 9.47 Å². The van der Waals surface area contributed by atoms with Crippen LogP contribution in [0.3, 0.4) is 0 Å². The van der Waals surface area contributed by atoms with Gasteiger partial charge in [0.05, 0.1) is 17.1 Å². The molecule has 4 rings (SSSR count). The van der Waals surface area contributed by atoms with Crippen molar-refractivity contribution in [1.29, 1.82) is 0 Å². The fraction of sp³-hybridized carbons (Fsp3) is 0.524. The number of likely N-dealkylation sites (N-methyl/N-ethyl adjacent to an activating group) is 1. The van der Waals surface area contributed by atoms with E-state index in [-0.39, 0.29) is 34.7 Å². The van der Waals surface area contributed by atoms with E-state index in [0.29, 0.717) is 13.1 Å². The number of piperazine rings is 1. The predicted octanol–water partition coefficient (Wildman–Crippen LogP) is 3.59. The van der Waals surface area contributed by atoms with Crippen LogP contribution in [0.25, 0.3) is 10.9 Å². The van der Waals surface area contributed by atoms with Crippen LogP contribution in [0.15, 0.2) is 17.1 Å². The summed E-state index contributed by atoms with van der Waals surface area (Å²) in [7, 11) is 0. The van der Waals surface area contributed by atoms with Gasteiger partial charge in [-0.2, -0.15) is 0 Å². The summed E-state index contributed by atoms with van der Waals surface area (Å²) in [6.45, 7) is 7.89. The van der Waals surface area contributed by atoms with Crippen LogP contribution >= 0.6 is 0 Å². The SMILES string of the molecule is CCN1C(C)CN(c2c(F)cc3c(=O)c(OC(=O)O)cn(C4CC4)c3c2F)CC1C. The second-order valence-electron chi connectivity index (χ2n) is 8.18. The van der Waals surface area contributed by atoms with E-state index in [4.69, 9.17) is 5.11 Å². The minimum Gasteiger partial charge on any atom is -0.449 e. The summed E-state index contributed by atoms with van der Waals surface area (Å²) in [5.41, 5.74) is -0.987. The zero-order valence-electron chi connectivity index (χ0n) is 17.2. The van der Waals surface area contributed by atoms with Crippen molar-refractivity contribution in [3.05, 3.63) is 34.1 Å². The highest BCUT2D eigenvalue weighted by Gasteiger charge is 2.34. The molecule has 1 aromatic heterocycles. The summed E-state index contributed by atoms with van der Waals surface area (Å²) in [6.07, 6.45) is 1.10. The lowest BCUT2D eigenvalue weighted by molar-refractivity contribution is 0.139. The molecule has 2 unspecified atom stereocenters. The van der Waals surface area contributed by atoms with Gasteiger partial charge < -0.3 is 19.3 Å². The van der Waals surface area contributed by atoms with Gasteiger partial charge in [-0.15, -0.1) is 0 Å². The number of ether oxygens (including phenoxy) is 1. The van der Waals surface area contributed by atoms with Crippen molar-refractivity contribution < 1.29 is 23.4 Å². The standard InChI is InChI=1S/C21H25F2N3O4/c1-4-25-11(2)8-24(9-12(25)3)19-15(22)7-14-18(17(19)23)26(13-5-6-13)10-16(20(14)27)30-21(28)29/h7,10-13H,4-6,8-9H2,1-3H3,(H,28,29). The van der Waals surface area contributed by atoms with Gasteiger partial charge >= 0.3 is 6.16 Å². The first kappa shape index (κ1) is 20.6. The Morgan fingerprint density at radius 1 is 1.23 bits per heavy atom. The number of rotatable bonds is 4. The van der Waals surface area contributed by atoms with Crippen LogP contribution in [0.4, 0.5) is 19.3 Å². The Hall–Kier alpha value is -2.68. The van der Waals surface area contributed by atoms with E-state index in [2.05, 4.69) is 16.6 Å². The third-order valence-corrected chi connectivity index (χ3v) is 6.07. The molecule has 1 N–H and O–H groups in total. The van der Waals surface area contributed by atoms with Crippen molar-refractivity contribution >= 4 is 22.7 Å². The zero-order chi connectivity index (χ0) is 21.7. The van der Waals surface area contributed by atoms with Crippen LogP contribution in [0, 0.1) is 11.6 Å². The molecule has 2 aromatic rings. The van der Waals surface area contributed by atoms with Crippen molar-refractivity contribution in [2.75, 3.05) is 24.5 Å². The van der Waals surface area contributed by atoms with Crippen molar-refractivity contribution in [2.24, 2.45) is 0 Å². The Bertz CT molecular complexity index is 1050. The molecule has 9 heteroatoms.